The van der Waals surface area contributed by atoms with E-state index < -0.39 is 17.8 Å². The van der Waals surface area contributed by atoms with Crippen LogP contribution < -0.4 is 10.6 Å². The lowest BCUT2D eigenvalue weighted by Crippen LogP contribution is -2.11. The van der Waals surface area contributed by atoms with Gasteiger partial charge in [-0.1, -0.05) is 11.6 Å². The maximum Gasteiger partial charge on any atom is 0.418 e. The van der Waals surface area contributed by atoms with Crippen LogP contribution >= 0.6 is 11.6 Å². The van der Waals surface area contributed by atoms with Crippen molar-refractivity contribution < 1.29 is 22.7 Å². The first-order valence-electron chi connectivity index (χ1n) is 6.38. The van der Waals surface area contributed by atoms with E-state index in [1.807, 2.05) is 0 Å². The largest absolute Gasteiger partial charge is 0.453 e. The standard InChI is InChI=1S/C15H12ClF3N2O2/c1-23-14(22)21-11-5-3-10(4-6-11)20-13-7-2-9(16)8-12(13)15(17,18)19/h2-8,20H,1H3,(H,21,22). The molecule has 0 saturated carbocycles. The van der Waals surface area contributed by atoms with Crippen molar-refractivity contribution in [2.75, 3.05) is 17.7 Å². The van der Waals surface area contributed by atoms with Gasteiger partial charge >= 0.3 is 12.3 Å². The van der Waals surface area contributed by atoms with Crippen LogP contribution in [0, 0.1) is 0 Å². The lowest BCUT2D eigenvalue weighted by Gasteiger charge is -2.15. The second-order valence-electron chi connectivity index (χ2n) is 4.51. The van der Waals surface area contributed by atoms with Crippen molar-refractivity contribution in [2.24, 2.45) is 0 Å². The van der Waals surface area contributed by atoms with Crippen LogP contribution in [0.4, 0.5) is 35.0 Å². The highest BCUT2D eigenvalue weighted by Crippen LogP contribution is 2.37. The minimum Gasteiger partial charge on any atom is -0.453 e. The van der Waals surface area contributed by atoms with Crippen molar-refractivity contribution >= 4 is 34.8 Å². The lowest BCUT2D eigenvalue weighted by molar-refractivity contribution is -0.136. The Kier molecular flexibility index (Phi) is 5.00. The minimum atomic E-state index is -4.53. The summed E-state index contributed by atoms with van der Waals surface area (Å²) in [7, 11) is 1.23. The topological polar surface area (TPSA) is 50.4 Å². The van der Waals surface area contributed by atoms with E-state index in [9.17, 15) is 18.0 Å². The van der Waals surface area contributed by atoms with E-state index in [4.69, 9.17) is 11.6 Å². The van der Waals surface area contributed by atoms with Gasteiger partial charge in [-0.25, -0.2) is 4.79 Å². The number of rotatable bonds is 3. The van der Waals surface area contributed by atoms with Gasteiger partial charge in [0.15, 0.2) is 0 Å². The zero-order valence-corrected chi connectivity index (χ0v) is 12.6. The molecular weight excluding hydrogens is 333 g/mol. The molecule has 2 aromatic carbocycles. The molecule has 4 nitrogen and oxygen atoms in total. The summed E-state index contributed by atoms with van der Waals surface area (Å²) in [4.78, 5) is 11.1. The smallest absolute Gasteiger partial charge is 0.418 e. The molecule has 23 heavy (non-hydrogen) atoms. The Labute approximate surface area is 135 Å². The van der Waals surface area contributed by atoms with Gasteiger partial charge in [0.05, 0.1) is 18.4 Å². The van der Waals surface area contributed by atoms with Gasteiger partial charge in [-0.2, -0.15) is 13.2 Å². The molecular formula is C15H12ClF3N2O2. The molecule has 0 atom stereocenters. The number of ether oxygens (including phenoxy) is 1. The Morgan fingerprint density at radius 3 is 2.26 bits per heavy atom. The molecule has 0 unspecified atom stereocenters. The van der Waals surface area contributed by atoms with E-state index in [0.717, 1.165) is 6.07 Å². The Hall–Kier alpha value is -2.41. The van der Waals surface area contributed by atoms with Gasteiger partial charge in [0.2, 0.25) is 0 Å². The third-order valence-electron chi connectivity index (χ3n) is 2.88. The van der Waals surface area contributed by atoms with Crippen LogP contribution in [0.3, 0.4) is 0 Å². The van der Waals surface area contributed by atoms with Crippen molar-refractivity contribution in [3.63, 3.8) is 0 Å². The molecule has 2 N–H and O–H groups in total. The van der Waals surface area contributed by atoms with E-state index >= 15 is 0 Å². The summed E-state index contributed by atoms with van der Waals surface area (Å²) in [6, 6.07) is 9.60. The zero-order chi connectivity index (χ0) is 17.0. The molecule has 2 aromatic rings. The predicted octanol–water partition coefficient (Wildman–Crippen LogP) is 5.28. The van der Waals surface area contributed by atoms with Gasteiger partial charge in [-0.3, -0.25) is 5.32 Å². The molecule has 0 saturated heterocycles. The molecule has 122 valence electrons. The summed E-state index contributed by atoms with van der Waals surface area (Å²) in [6.45, 7) is 0. The quantitative estimate of drug-likeness (QED) is 0.796. The Morgan fingerprint density at radius 2 is 1.70 bits per heavy atom. The summed E-state index contributed by atoms with van der Waals surface area (Å²) >= 11 is 5.63. The van der Waals surface area contributed by atoms with E-state index in [1.165, 1.54) is 43.5 Å². The van der Waals surface area contributed by atoms with Gasteiger partial charge in [-0.05, 0) is 42.5 Å². The van der Waals surface area contributed by atoms with Gasteiger partial charge in [0, 0.05) is 16.4 Å². The first-order chi connectivity index (χ1) is 10.8. The van der Waals surface area contributed by atoms with Crippen LogP contribution in [0.25, 0.3) is 0 Å². The van der Waals surface area contributed by atoms with E-state index in [-0.39, 0.29) is 10.7 Å². The maximum absolute atomic E-state index is 13.0. The molecule has 0 aromatic heterocycles. The summed E-state index contributed by atoms with van der Waals surface area (Å²) in [5, 5.41) is 5.12. The average Bonchev–Trinajstić information content (AvgIpc) is 2.50. The number of amides is 1. The van der Waals surface area contributed by atoms with Crippen LogP contribution in [0.15, 0.2) is 42.5 Å². The summed E-state index contributed by atoms with van der Waals surface area (Å²) < 4.78 is 43.5. The number of methoxy groups -OCH3 is 1. The highest BCUT2D eigenvalue weighted by atomic mass is 35.5. The molecule has 0 aliphatic rings. The number of carbonyl (C=O) groups excluding carboxylic acids is 1. The second-order valence-corrected chi connectivity index (χ2v) is 4.94. The number of benzene rings is 2. The highest BCUT2D eigenvalue weighted by Gasteiger charge is 2.33. The number of halogens is 4. The molecule has 2 rings (SSSR count). The van der Waals surface area contributed by atoms with Gasteiger partial charge < -0.3 is 10.1 Å². The van der Waals surface area contributed by atoms with Crippen LogP contribution in [0.5, 0.6) is 0 Å². The molecule has 0 aliphatic heterocycles. The van der Waals surface area contributed by atoms with Crippen molar-refractivity contribution in [1.82, 2.24) is 0 Å². The van der Waals surface area contributed by atoms with Crippen molar-refractivity contribution in [3.8, 4) is 0 Å². The fourth-order valence-electron chi connectivity index (χ4n) is 1.82. The lowest BCUT2D eigenvalue weighted by atomic mass is 10.1. The molecule has 0 fully saturated rings. The monoisotopic (exact) mass is 344 g/mol. The molecule has 0 radical (unpaired) electrons. The zero-order valence-electron chi connectivity index (χ0n) is 11.9. The van der Waals surface area contributed by atoms with Crippen LogP contribution in [0.2, 0.25) is 5.02 Å². The molecule has 0 aliphatic carbocycles. The third kappa shape index (κ3) is 4.53. The van der Waals surface area contributed by atoms with Gasteiger partial charge in [-0.15, -0.1) is 0 Å². The normalized spacial score (nSPS) is 11.0. The molecule has 1 amide bonds. The SMILES string of the molecule is COC(=O)Nc1ccc(Nc2ccc(Cl)cc2C(F)(F)F)cc1. The molecule has 8 heteroatoms. The highest BCUT2D eigenvalue weighted by molar-refractivity contribution is 6.30. The van der Waals surface area contributed by atoms with E-state index in [2.05, 4.69) is 15.4 Å². The summed E-state index contributed by atoms with van der Waals surface area (Å²) in [5.74, 6) is 0. The summed E-state index contributed by atoms with van der Waals surface area (Å²) in [6.07, 6.45) is -5.16. The fraction of sp³-hybridized carbons (Fsp3) is 0.133. The van der Waals surface area contributed by atoms with Gasteiger partial charge in [0.1, 0.15) is 0 Å². The first-order valence-corrected chi connectivity index (χ1v) is 6.76. The van der Waals surface area contributed by atoms with Crippen molar-refractivity contribution in [3.05, 3.63) is 53.1 Å². The summed E-state index contributed by atoms with van der Waals surface area (Å²) in [5.41, 5.74) is -0.0971. The number of hydrogen-bond donors (Lipinski definition) is 2. The van der Waals surface area contributed by atoms with Crippen LogP contribution in [0.1, 0.15) is 5.56 Å². The Bertz CT molecular complexity index is 703. The van der Waals surface area contributed by atoms with E-state index in [0.29, 0.717) is 11.4 Å². The fourth-order valence-corrected chi connectivity index (χ4v) is 1.99. The maximum atomic E-state index is 13.0. The number of alkyl halides is 3. The number of hydrogen-bond acceptors (Lipinski definition) is 3. The van der Waals surface area contributed by atoms with E-state index in [1.54, 1.807) is 0 Å². The van der Waals surface area contributed by atoms with Gasteiger partial charge in [0.25, 0.3) is 0 Å². The first kappa shape index (κ1) is 17.0. The number of carbonyl (C=O) groups is 1. The van der Waals surface area contributed by atoms with Crippen molar-refractivity contribution in [2.45, 2.75) is 6.18 Å². The minimum absolute atomic E-state index is 0.000464. The average molecular weight is 345 g/mol. The molecule has 0 heterocycles. The van der Waals surface area contributed by atoms with Crippen LogP contribution in [-0.2, 0) is 10.9 Å². The van der Waals surface area contributed by atoms with Crippen LogP contribution in [-0.4, -0.2) is 13.2 Å². The Balaban J connectivity index is 2.21. The number of nitrogens with one attached hydrogen (secondary N) is 2. The molecule has 0 spiro atoms. The predicted molar refractivity (Wildman–Crippen MR) is 82.2 cm³/mol. The second kappa shape index (κ2) is 6.78. The Morgan fingerprint density at radius 1 is 1.09 bits per heavy atom. The molecule has 0 bridgehead atoms. The van der Waals surface area contributed by atoms with Crippen molar-refractivity contribution in [1.29, 1.82) is 0 Å². The number of anilines is 3. The third-order valence-corrected chi connectivity index (χ3v) is 3.12.